The zero-order chi connectivity index (χ0) is 24.2. The molecule has 1 aliphatic rings. The molecular formula is C22H25FN4O5S. The van der Waals surface area contributed by atoms with Crippen molar-refractivity contribution in [1.82, 2.24) is 20.3 Å². The lowest BCUT2D eigenvalue weighted by Crippen LogP contribution is -2.56. The molecule has 0 saturated heterocycles. The standard InChI is InChI=1S/C22H25FN4O5S/c1-13(2)19(27-33(31,32)17-5-3-15(23)4-6-17)21(29)26-18-12-14-7-9-24-16(11-14)8-10-25-22(30)20(18)28/h3-7,9,11,13,18-19,27H,8,10,12H2,1-2H3,(H,25,30)(H,26,29). The number of hydrogen-bond donors (Lipinski definition) is 3. The number of benzene rings is 1. The third kappa shape index (κ3) is 6.20. The number of ketones is 1. The number of hydrogen-bond acceptors (Lipinski definition) is 6. The molecule has 1 aromatic heterocycles. The largest absolute Gasteiger partial charge is 0.349 e. The van der Waals surface area contributed by atoms with E-state index in [-0.39, 0.29) is 17.9 Å². The van der Waals surface area contributed by atoms with E-state index in [1.165, 1.54) is 0 Å². The Kier molecular flexibility index (Phi) is 7.54. The minimum Gasteiger partial charge on any atom is -0.349 e. The van der Waals surface area contributed by atoms with Gasteiger partial charge in [-0.25, -0.2) is 12.8 Å². The summed E-state index contributed by atoms with van der Waals surface area (Å²) in [6.07, 6.45) is 2.10. The van der Waals surface area contributed by atoms with Crippen molar-refractivity contribution >= 4 is 27.6 Å². The lowest BCUT2D eigenvalue weighted by Gasteiger charge is -2.25. The molecule has 33 heavy (non-hydrogen) atoms. The van der Waals surface area contributed by atoms with Gasteiger partial charge in [0, 0.05) is 31.3 Å². The van der Waals surface area contributed by atoms with Crippen LogP contribution in [-0.4, -0.2) is 49.6 Å². The minimum atomic E-state index is -4.15. The van der Waals surface area contributed by atoms with Crippen molar-refractivity contribution in [1.29, 1.82) is 0 Å². The molecule has 11 heteroatoms. The lowest BCUT2D eigenvalue weighted by molar-refractivity contribution is -0.140. The maximum absolute atomic E-state index is 13.2. The smallest absolute Gasteiger partial charge is 0.289 e. The first kappa shape index (κ1) is 24.5. The SMILES string of the molecule is CC(C)C(NS(=O)(=O)c1ccc(F)cc1)C(=O)NC1Cc2ccnc(c2)CCNC(=O)C1=O. The molecule has 0 aliphatic carbocycles. The summed E-state index contributed by atoms with van der Waals surface area (Å²) in [5.74, 6) is -3.51. The van der Waals surface area contributed by atoms with E-state index in [0.29, 0.717) is 12.0 Å². The highest BCUT2D eigenvalue weighted by molar-refractivity contribution is 7.89. The van der Waals surface area contributed by atoms with Crippen molar-refractivity contribution in [2.45, 2.75) is 43.7 Å². The third-order valence-corrected chi connectivity index (χ3v) is 6.66. The fourth-order valence-corrected chi connectivity index (χ4v) is 4.73. The fraction of sp³-hybridized carbons (Fsp3) is 0.364. The summed E-state index contributed by atoms with van der Waals surface area (Å²) in [6.45, 7) is 3.48. The van der Waals surface area contributed by atoms with E-state index < -0.39 is 51.4 Å². The lowest BCUT2D eigenvalue weighted by atomic mass is 9.98. The molecule has 2 unspecified atom stereocenters. The summed E-state index contributed by atoms with van der Waals surface area (Å²) in [4.78, 5) is 42.0. The molecule has 2 amide bonds. The van der Waals surface area contributed by atoms with Gasteiger partial charge in [0.15, 0.2) is 0 Å². The number of nitrogens with zero attached hydrogens (tertiary/aromatic N) is 1. The van der Waals surface area contributed by atoms with Gasteiger partial charge >= 0.3 is 0 Å². The maximum atomic E-state index is 13.2. The molecule has 3 N–H and O–H groups in total. The Labute approximate surface area is 191 Å². The van der Waals surface area contributed by atoms with Gasteiger partial charge in [0.25, 0.3) is 5.91 Å². The van der Waals surface area contributed by atoms with Crippen molar-refractivity contribution < 1.29 is 27.2 Å². The van der Waals surface area contributed by atoms with Gasteiger partial charge in [0.05, 0.1) is 4.90 Å². The molecule has 1 aromatic carbocycles. The van der Waals surface area contributed by atoms with Gasteiger partial charge in [-0.15, -0.1) is 0 Å². The Balaban J connectivity index is 1.83. The van der Waals surface area contributed by atoms with Crippen LogP contribution in [0.15, 0.2) is 47.5 Å². The second-order valence-corrected chi connectivity index (χ2v) is 9.80. The van der Waals surface area contributed by atoms with E-state index >= 15 is 0 Å². The number of sulfonamides is 1. The van der Waals surface area contributed by atoms with Gasteiger partial charge in [-0.3, -0.25) is 19.4 Å². The predicted octanol–water partition coefficient (Wildman–Crippen LogP) is 0.492. The van der Waals surface area contributed by atoms with E-state index in [9.17, 15) is 27.2 Å². The van der Waals surface area contributed by atoms with Crippen LogP contribution in [0.1, 0.15) is 25.1 Å². The van der Waals surface area contributed by atoms with Gasteiger partial charge < -0.3 is 10.6 Å². The van der Waals surface area contributed by atoms with Crippen molar-refractivity contribution in [3.05, 3.63) is 59.7 Å². The molecule has 2 heterocycles. The third-order valence-electron chi connectivity index (χ3n) is 5.20. The van der Waals surface area contributed by atoms with Gasteiger partial charge in [-0.05, 0) is 47.9 Å². The van der Waals surface area contributed by atoms with Crippen molar-refractivity contribution in [3.63, 3.8) is 0 Å². The van der Waals surface area contributed by atoms with Crippen LogP contribution < -0.4 is 15.4 Å². The number of amides is 2. The zero-order valence-electron chi connectivity index (χ0n) is 18.2. The monoisotopic (exact) mass is 476 g/mol. The summed E-state index contributed by atoms with van der Waals surface area (Å²) in [5, 5.41) is 5.04. The van der Waals surface area contributed by atoms with Gasteiger partial charge in [-0.2, -0.15) is 4.72 Å². The van der Waals surface area contributed by atoms with Crippen molar-refractivity contribution in [2.75, 3.05) is 6.54 Å². The number of pyridine rings is 1. The number of aromatic nitrogens is 1. The molecule has 0 radical (unpaired) electrons. The summed E-state index contributed by atoms with van der Waals surface area (Å²) < 4.78 is 40.9. The van der Waals surface area contributed by atoms with E-state index in [2.05, 4.69) is 20.3 Å². The summed E-state index contributed by atoms with van der Waals surface area (Å²) >= 11 is 0. The van der Waals surface area contributed by atoms with Crippen molar-refractivity contribution in [2.24, 2.45) is 5.92 Å². The average molecular weight is 477 g/mol. The topological polar surface area (TPSA) is 134 Å². The number of halogens is 1. The molecular weight excluding hydrogens is 451 g/mol. The number of rotatable bonds is 6. The number of Topliss-reactive ketones (excluding diaryl/α,β-unsaturated/α-hetero) is 1. The second-order valence-electron chi connectivity index (χ2n) is 8.09. The van der Waals surface area contributed by atoms with Gasteiger partial charge in [0.2, 0.25) is 21.7 Å². The van der Waals surface area contributed by atoms with Crippen LogP contribution in [0.25, 0.3) is 0 Å². The van der Waals surface area contributed by atoms with Crippen LogP contribution in [0.4, 0.5) is 4.39 Å². The molecule has 176 valence electrons. The Bertz CT molecular complexity index is 1150. The molecule has 9 nitrogen and oxygen atoms in total. The molecule has 1 aliphatic heterocycles. The molecule has 0 fully saturated rings. The molecule has 2 atom stereocenters. The molecule has 0 spiro atoms. The minimum absolute atomic E-state index is 0.0447. The Morgan fingerprint density at radius 3 is 2.55 bits per heavy atom. The van der Waals surface area contributed by atoms with Gasteiger partial charge in [0.1, 0.15) is 17.9 Å². The normalized spacial score (nSPS) is 17.9. The summed E-state index contributed by atoms with van der Waals surface area (Å²) in [7, 11) is -4.15. The second kappa shape index (κ2) is 10.2. The number of carbonyl (C=O) groups excluding carboxylic acids is 3. The van der Waals surface area contributed by atoms with E-state index in [1.54, 1.807) is 32.2 Å². The quantitative estimate of drug-likeness (QED) is 0.520. The highest BCUT2D eigenvalue weighted by atomic mass is 32.2. The Morgan fingerprint density at radius 2 is 1.88 bits per heavy atom. The number of fused-ring (bicyclic) bond motifs is 2. The first-order chi connectivity index (χ1) is 15.6. The van der Waals surface area contributed by atoms with E-state index in [4.69, 9.17) is 0 Å². The van der Waals surface area contributed by atoms with Gasteiger partial charge in [-0.1, -0.05) is 13.8 Å². The van der Waals surface area contributed by atoms with E-state index in [1.807, 2.05) is 0 Å². The molecule has 2 aromatic rings. The fourth-order valence-electron chi connectivity index (χ4n) is 3.39. The highest BCUT2D eigenvalue weighted by Crippen LogP contribution is 2.14. The van der Waals surface area contributed by atoms with Crippen molar-refractivity contribution in [3.8, 4) is 0 Å². The van der Waals surface area contributed by atoms with E-state index in [0.717, 1.165) is 30.0 Å². The van der Waals surface area contributed by atoms with Crippen LogP contribution in [0.2, 0.25) is 0 Å². The summed E-state index contributed by atoms with van der Waals surface area (Å²) in [5.41, 5.74) is 1.45. The first-order valence-corrected chi connectivity index (χ1v) is 11.9. The first-order valence-electron chi connectivity index (χ1n) is 10.4. The predicted molar refractivity (Wildman–Crippen MR) is 117 cm³/mol. The molecule has 2 bridgehead atoms. The number of nitrogens with one attached hydrogen (secondary N) is 3. The average Bonchev–Trinajstić information content (AvgIpc) is 2.76. The molecule has 0 saturated carbocycles. The van der Waals surface area contributed by atoms with Crippen LogP contribution >= 0.6 is 0 Å². The zero-order valence-corrected chi connectivity index (χ0v) is 19.0. The van der Waals surface area contributed by atoms with Crippen LogP contribution in [0, 0.1) is 11.7 Å². The van der Waals surface area contributed by atoms with Crippen LogP contribution in [0.5, 0.6) is 0 Å². The summed E-state index contributed by atoms with van der Waals surface area (Å²) in [6, 6.07) is 5.22. The highest BCUT2D eigenvalue weighted by Gasteiger charge is 2.33. The van der Waals surface area contributed by atoms with Crippen LogP contribution in [-0.2, 0) is 37.2 Å². The number of carbonyl (C=O) groups is 3. The Morgan fingerprint density at radius 1 is 1.18 bits per heavy atom. The van der Waals surface area contributed by atoms with Crippen LogP contribution in [0.3, 0.4) is 0 Å². The maximum Gasteiger partial charge on any atom is 0.289 e. The Hall–Kier alpha value is -3.18. The molecule has 3 rings (SSSR count).